The third-order valence-corrected chi connectivity index (χ3v) is 6.74. The first-order valence-electron chi connectivity index (χ1n) is 12.9. The first-order chi connectivity index (χ1) is 19.9. The minimum absolute atomic E-state index is 0.151. The monoisotopic (exact) mass is 556 g/mol. The van der Waals surface area contributed by atoms with Gasteiger partial charge in [-0.2, -0.15) is 14.7 Å². The number of allylic oxidation sites excluding steroid dienone is 2. The minimum Gasteiger partial charge on any atom is -0.465 e. The van der Waals surface area contributed by atoms with Crippen LogP contribution in [0.25, 0.3) is 11.0 Å². The minimum atomic E-state index is -0.849. The number of aromatic nitrogens is 6. The highest BCUT2D eigenvalue weighted by Crippen LogP contribution is 2.37. The molecule has 1 aliphatic heterocycles. The number of aromatic amines is 1. The first-order valence-corrected chi connectivity index (χ1v) is 12.9. The Labute approximate surface area is 232 Å². The van der Waals surface area contributed by atoms with Crippen molar-refractivity contribution in [2.45, 2.75) is 33.9 Å². The van der Waals surface area contributed by atoms with Crippen molar-refractivity contribution in [3.05, 3.63) is 99.8 Å². The van der Waals surface area contributed by atoms with E-state index >= 15 is 0 Å². The maximum absolute atomic E-state index is 13.2. The molecular weight excluding hydrogens is 530 g/mol. The highest BCUT2D eigenvalue weighted by molar-refractivity contribution is 6.02. The molecule has 5 aromatic rings. The number of tetrazole rings is 1. The Morgan fingerprint density at radius 2 is 1.95 bits per heavy atom. The fourth-order valence-electron chi connectivity index (χ4n) is 4.82. The normalized spacial score (nSPS) is 16.3. The van der Waals surface area contributed by atoms with Crippen LogP contribution in [0.5, 0.6) is 6.01 Å². The molecule has 0 saturated heterocycles. The van der Waals surface area contributed by atoms with Gasteiger partial charge in [-0.15, -0.1) is 0 Å². The Morgan fingerprint density at radius 1 is 1.12 bits per heavy atom. The number of nitrogens with one attached hydrogen (secondary N) is 1. The van der Waals surface area contributed by atoms with E-state index in [4.69, 9.17) is 18.3 Å². The third kappa shape index (κ3) is 4.72. The molecule has 41 heavy (non-hydrogen) atoms. The molecular formula is C28H26N7O6+. The molecule has 13 nitrogen and oxygen atoms in total. The van der Waals surface area contributed by atoms with Gasteiger partial charge in [-0.05, 0) is 43.7 Å². The summed E-state index contributed by atoms with van der Waals surface area (Å²) >= 11 is 0. The van der Waals surface area contributed by atoms with Gasteiger partial charge in [0.1, 0.15) is 18.1 Å². The Morgan fingerprint density at radius 3 is 2.61 bits per heavy atom. The van der Waals surface area contributed by atoms with Crippen molar-refractivity contribution in [1.29, 1.82) is 0 Å². The number of carbonyl (C=O) groups is 1. The maximum atomic E-state index is 13.2. The zero-order valence-corrected chi connectivity index (χ0v) is 22.5. The van der Waals surface area contributed by atoms with Crippen LogP contribution in [0.1, 0.15) is 41.3 Å². The molecule has 0 bridgehead atoms. The van der Waals surface area contributed by atoms with E-state index in [2.05, 4.69) is 25.6 Å². The summed E-state index contributed by atoms with van der Waals surface area (Å²) < 4.78 is 23.2. The van der Waals surface area contributed by atoms with Crippen LogP contribution in [-0.4, -0.2) is 42.8 Å². The summed E-state index contributed by atoms with van der Waals surface area (Å²) in [5.41, 5.74) is 4.39. The van der Waals surface area contributed by atoms with Crippen molar-refractivity contribution in [3.63, 3.8) is 0 Å². The number of ether oxygens (including phenoxy) is 2. The molecule has 0 amide bonds. The lowest BCUT2D eigenvalue weighted by Crippen LogP contribution is -2.31. The van der Waals surface area contributed by atoms with Crippen LogP contribution in [-0.2, 0) is 17.9 Å². The van der Waals surface area contributed by atoms with Crippen molar-refractivity contribution in [3.8, 4) is 6.01 Å². The largest absolute Gasteiger partial charge is 0.519 e. The van der Waals surface area contributed by atoms with Gasteiger partial charge in [-0.3, -0.25) is 4.57 Å². The SMILES string of the molecule is CCOc1nc2cccc(C(=O)OCc3oc(=O)oc3C)c2n1Cc1ccc([N+]2(c3nn[nH]n3)C=CC(C)=C2)cc1. The van der Waals surface area contributed by atoms with E-state index in [1.54, 1.807) is 25.1 Å². The lowest BCUT2D eigenvalue weighted by Gasteiger charge is -2.23. The van der Waals surface area contributed by atoms with Crippen LogP contribution in [0, 0.1) is 6.92 Å². The molecule has 0 aliphatic carbocycles. The molecule has 0 radical (unpaired) electrons. The molecule has 1 aliphatic rings. The van der Waals surface area contributed by atoms with Gasteiger partial charge in [0, 0.05) is 23.8 Å². The topological polar surface area (TPSA) is 151 Å². The number of hydrogen-bond acceptors (Lipinski definition) is 10. The van der Waals surface area contributed by atoms with Crippen LogP contribution in [0.2, 0.25) is 0 Å². The van der Waals surface area contributed by atoms with E-state index in [0.29, 0.717) is 41.7 Å². The molecule has 0 saturated carbocycles. The average Bonchev–Trinajstić information content (AvgIpc) is 3.76. The fourth-order valence-corrected chi connectivity index (χ4v) is 4.82. The van der Waals surface area contributed by atoms with Crippen molar-refractivity contribution >= 4 is 28.6 Å². The van der Waals surface area contributed by atoms with Gasteiger partial charge >= 0.3 is 17.7 Å². The van der Waals surface area contributed by atoms with Crippen LogP contribution in [0.3, 0.4) is 0 Å². The summed E-state index contributed by atoms with van der Waals surface area (Å²) in [6, 6.07) is 13.6. The van der Waals surface area contributed by atoms with Crippen molar-refractivity contribution in [1.82, 2.24) is 34.7 Å². The van der Waals surface area contributed by atoms with Crippen molar-refractivity contribution < 1.29 is 23.1 Å². The zero-order valence-electron chi connectivity index (χ0n) is 22.5. The maximum Gasteiger partial charge on any atom is 0.519 e. The molecule has 208 valence electrons. The third-order valence-electron chi connectivity index (χ3n) is 6.74. The van der Waals surface area contributed by atoms with Crippen LogP contribution < -0.4 is 15.0 Å². The first kappa shape index (κ1) is 26.0. The van der Waals surface area contributed by atoms with E-state index in [9.17, 15) is 9.59 Å². The highest BCUT2D eigenvalue weighted by Gasteiger charge is 2.37. The number of esters is 1. The summed E-state index contributed by atoms with van der Waals surface area (Å²) in [5, 5.41) is 14.7. The van der Waals surface area contributed by atoms with E-state index in [-0.39, 0.29) is 22.6 Å². The number of fused-ring (bicyclic) bond motifs is 1. The Hall–Kier alpha value is -5.30. The van der Waals surface area contributed by atoms with E-state index in [0.717, 1.165) is 16.8 Å². The zero-order chi connectivity index (χ0) is 28.6. The molecule has 1 N–H and O–H groups in total. The molecule has 13 heteroatoms. The number of aryl methyl sites for hydroxylation is 1. The fraction of sp³-hybridized carbons (Fsp3) is 0.214. The smallest absolute Gasteiger partial charge is 0.465 e. The molecule has 3 aromatic heterocycles. The number of nitrogens with zero attached hydrogens (tertiary/aromatic N) is 6. The summed E-state index contributed by atoms with van der Waals surface area (Å²) in [5.74, 6) is -0.547. The predicted octanol–water partition coefficient (Wildman–Crippen LogP) is 4.28. The van der Waals surface area contributed by atoms with E-state index < -0.39 is 11.8 Å². The molecule has 1 atom stereocenters. The second-order valence-electron chi connectivity index (χ2n) is 9.44. The summed E-state index contributed by atoms with van der Waals surface area (Å²) in [7, 11) is 0. The number of imidazole rings is 1. The summed E-state index contributed by atoms with van der Waals surface area (Å²) in [6.45, 7) is 5.96. The Balaban J connectivity index is 1.33. The lowest BCUT2D eigenvalue weighted by atomic mass is 10.1. The lowest BCUT2D eigenvalue weighted by molar-refractivity contribution is 0.0444. The highest BCUT2D eigenvalue weighted by atomic mass is 16.6. The number of para-hydroxylation sites is 1. The van der Waals surface area contributed by atoms with Crippen molar-refractivity contribution in [2.75, 3.05) is 6.61 Å². The van der Waals surface area contributed by atoms with Gasteiger partial charge in [0.25, 0.3) is 6.01 Å². The predicted molar refractivity (Wildman–Crippen MR) is 146 cm³/mol. The van der Waals surface area contributed by atoms with Gasteiger partial charge in [0.15, 0.2) is 18.1 Å². The molecule has 6 rings (SSSR count). The number of rotatable bonds is 9. The van der Waals surface area contributed by atoms with Crippen LogP contribution >= 0.6 is 0 Å². The number of quaternary nitrogens is 1. The summed E-state index contributed by atoms with van der Waals surface area (Å²) in [6.07, 6.45) is 6.06. The van der Waals surface area contributed by atoms with Gasteiger partial charge in [0.2, 0.25) is 0 Å². The number of hydrogen-bond donors (Lipinski definition) is 1. The Kier molecular flexibility index (Phi) is 6.55. The quantitative estimate of drug-likeness (QED) is 0.206. The number of carbonyl (C=O) groups excluding carboxylic acids is 1. The number of benzene rings is 2. The summed E-state index contributed by atoms with van der Waals surface area (Å²) in [4.78, 5) is 29.2. The molecule has 0 fully saturated rings. The van der Waals surface area contributed by atoms with Gasteiger partial charge in [0.05, 0.1) is 29.7 Å². The molecule has 2 aromatic carbocycles. The average molecular weight is 557 g/mol. The second-order valence-corrected chi connectivity index (χ2v) is 9.44. The molecule has 0 spiro atoms. The Bertz CT molecular complexity index is 1850. The van der Waals surface area contributed by atoms with Crippen LogP contribution in [0.15, 0.2) is 80.1 Å². The van der Waals surface area contributed by atoms with Crippen LogP contribution in [0.4, 0.5) is 11.6 Å². The number of H-pyrrole nitrogens is 1. The standard InChI is InChI=1S/C28H26N7O6/c1-4-38-27-29-22-7-5-6-21(25(36)39-16-23-18(3)40-28(37)41-23)24(22)34(27)14-19-8-10-20(11-9-19)35(13-12-17(2)15-35)26-30-32-33-31-26/h5-13,15H,4,14,16H2,1-3H3,(H,30,31,32,33)/q+1. The molecule has 1 unspecified atom stereocenters. The van der Waals surface area contributed by atoms with Gasteiger partial charge < -0.3 is 18.3 Å². The van der Waals surface area contributed by atoms with Gasteiger partial charge in [-0.25, -0.2) is 9.59 Å². The van der Waals surface area contributed by atoms with Crippen molar-refractivity contribution in [2.24, 2.45) is 0 Å². The van der Waals surface area contributed by atoms with Gasteiger partial charge in [-0.1, -0.05) is 28.4 Å². The van der Waals surface area contributed by atoms with E-state index in [1.807, 2.05) is 61.2 Å². The van der Waals surface area contributed by atoms with E-state index in [1.165, 1.54) is 0 Å². The second kappa shape index (κ2) is 10.4. The molecule has 4 heterocycles.